The lowest BCUT2D eigenvalue weighted by Gasteiger charge is -2.44. The number of aromatic nitrogens is 2. The van der Waals surface area contributed by atoms with E-state index in [1.165, 1.54) is 38.5 Å². The van der Waals surface area contributed by atoms with Crippen LogP contribution in [0.1, 0.15) is 55.5 Å². The molecule has 116 valence electrons. The molecule has 1 aliphatic carbocycles. The van der Waals surface area contributed by atoms with E-state index in [1.54, 1.807) is 0 Å². The lowest BCUT2D eigenvalue weighted by Crippen LogP contribution is -2.50. The van der Waals surface area contributed by atoms with Gasteiger partial charge in [0.1, 0.15) is 0 Å². The second-order valence-corrected chi connectivity index (χ2v) is 6.79. The van der Waals surface area contributed by atoms with Crippen molar-refractivity contribution in [2.75, 3.05) is 6.54 Å². The van der Waals surface area contributed by atoms with E-state index in [0.29, 0.717) is 18.4 Å². The topological polar surface area (TPSA) is 38.1 Å². The summed E-state index contributed by atoms with van der Waals surface area (Å²) in [5.41, 5.74) is 3.25. The Bertz CT molecular complexity index is 532. The lowest BCUT2D eigenvalue weighted by atomic mass is 9.78. The maximum atomic E-state index is 12.8. The monoisotopic (exact) mass is 289 g/mol. The molecule has 0 bridgehead atoms. The predicted molar refractivity (Wildman–Crippen MR) is 83.1 cm³/mol. The van der Waals surface area contributed by atoms with Gasteiger partial charge in [0.05, 0.1) is 12.1 Å². The highest BCUT2D eigenvalue weighted by atomic mass is 16.2. The van der Waals surface area contributed by atoms with Gasteiger partial charge in [-0.2, -0.15) is 5.10 Å². The number of piperidine rings is 1. The molecule has 1 amide bonds. The second-order valence-electron chi connectivity index (χ2n) is 6.79. The number of aryl methyl sites for hydroxylation is 2. The van der Waals surface area contributed by atoms with E-state index in [-0.39, 0.29) is 0 Å². The van der Waals surface area contributed by atoms with Crippen molar-refractivity contribution in [3.05, 3.63) is 17.0 Å². The average Bonchev–Trinajstić information content (AvgIpc) is 2.73. The normalized spacial score (nSPS) is 25.8. The molecule has 2 heterocycles. The van der Waals surface area contributed by atoms with Gasteiger partial charge in [-0.1, -0.05) is 12.8 Å². The Hall–Kier alpha value is -1.32. The summed E-state index contributed by atoms with van der Waals surface area (Å²) in [7, 11) is 1.95. The molecule has 4 nitrogen and oxygen atoms in total. The molecule has 4 heteroatoms. The second kappa shape index (κ2) is 5.82. The fourth-order valence-electron chi connectivity index (χ4n) is 4.26. The number of carbonyl (C=O) groups excluding carboxylic acids is 1. The fourth-order valence-corrected chi connectivity index (χ4v) is 4.26. The van der Waals surface area contributed by atoms with Crippen LogP contribution in [-0.2, 0) is 18.3 Å². The summed E-state index contributed by atoms with van der Waals surface area (Å²) >= 11 is 0. The van der Waals surface area contributed by atoms with Crippen molar-refractivity contribution < 1.29 is 4.79 Å². The van der Waals surface area contributed by atoms with Crippen LogP contribution in [0.25, 0.3) is 0 Å². The number of hydrogen-bond donors (Lipinski definition) is 0. The minimum atomic E-state index is 0.311. The number of fused-ring (bicyclic) bond motifs is 1. The molecule has 2 aliphatic rings. The van der Waals surface area contributed by atoms with Crippen molar-refractivity contribution >= 4 is 5.91 Å². The number of nitrogens with zero attached hydrogens (tertiary/aromatic N) is 3. The van der Waals surface area contributed by atoms with E-state index < -0.39 is 0 Å². The summed E-state index contributed by atoms with van der Waals surface area (Å²) in [6, 6.07) is 0.511. The molecule has 0 N–H and O–H groups in total. The van der Waals surface area contributed by atoms with Crippen molar-refractivity contribution in [3.63, 3.8) is 0 Å². The minimum absolute atomic E-state index is 0.311. The Kier molecular flexibility index (Phi) is 4.05. The molecule has 1 saturated heterocycles. The first-order valence-corrected chi connectivity index (χ1v) is 8.36. The molecule has 21 heavy (non-hydrogen) atoms. The first kappa shape index (κ1) is 14.6. The largest absolute Gasteiger partial charge is 0.339 e. The first-order valence-electron chi connectivity index (χ1n) is 8.36. The van der Waals surface area contributed by atoms with Gasteiger partial charge in [0, 0.05) is 30.9 Å². The number of amides is 1. The van der Waals surface area contributed by atoms with E-state index in [1.807, 2.05) is 18.7 Å². The van der Waals surface area contributed by atoms with Crippen LogP contribution in [0.2, 0.25) is 0 Å². The summed E-state index contributed by atoms with van der Waals surface area (Å²) in [4.78, 5) is 15.0. The van der Waals surface area contributed by atoms with Crippen molar-refractivity contribution in [1.82, 2.24) is 14.7 Å². The fraction of sp³-hybridized carbons (Fsp3) is 0.765. The smallest absolute Gasteiger partial charge is 0.227 e. The Balaban J connectivity index is 1.75. The molecule has 0 aromatic carbocycles. The molecular weight excluding hydrogens is 262 g/mol. The summed E-state index contributed by atoms with van der Waals surface area (Å²) in [6.07, 6.45) is 8.19. The molecular formula is C17H27N3O. The maximum absolute atomic E-state index is 12.8. The van der Waals surface area contributed by atoms with Crippen LogP contribution in [0.15, 0.2) is 0 Å². The standard InChI is InChI=1S/C17H27N3O/c1-12-15(13(2)19(3)18-12)11-17(21)20-10-6-8-14-7-4-5-9-16(14)20/h14,16H,4-11H2,1-3H3/t14-,16+/m1/s1. The van der Waals surface area contributed by atoms with Crippen LogP contribution in [0.5, 0.6) is 0 Å². The van der Waals surface area contributed by atoms with E-state index in [0.717, 1.165) is 29.4 Å². The number of carbonyl (C=O) groups is 1. The van der Waals surface area contributed by atoms with E-state index in [9.17, 15) is 4.79 Å². The molecule has 3 rings (SSSR count). The van der Waals surface area contributed by atoms with Crippen LogP contribution in [-0.4, -0.2) is 33.2 Å². The highest BCUT2D eigenvalue weighted by molar-refractivity contribution is 5.79. The van der Waals surface area contributed by atoms with Gasteiger partial charge in [0.2, 0.25) is 5.91 Å². The first-order chi connectivity index (χ1) is 10.1. The molecule has 0 radical (unpaired) electrons. The van der Waals surface area contributed by atoms with Crippen molar-refractivity contribution in [2.24, 2.45) is 13.0 Å². The van der Waals surface area contributed by atoms with Gasteiger partial charge in [-0.15, -0.1) is 0 Å². The quantitative estimate of drug-likeness (QED) is 0.839. The number of hydrogen-bond acceptors (Lipinski definition) is 2. The van der Waals surface area contributed by atoms with Gasteiger partial charge in [0.25, 0.3) is 0 Å². The predicted octanol–water partition coefficient (Wildman–Crippen LogP) is 2.76. The highest BCUT2D eigenvalue weighted by Crippen LogP contribution is 2.35. The third-order valence-corrected chi connectivity index (χ3v) is 5.55. The van der Waals surface area contributed by atoms with E-state index >= 15 is 0 Å². The zero-order chi connectivity index (χ0) is 15.0. The molecule has 2 atom stereocenters. The van der Waals surface area contributed by atoms with Gasteiger partial charge in [0.15, 0.2) is 0 Å². The highest BCUT2D eigenvalue weighted by Gasteiger charge is 2.35. The van der Waals surface area contributed by atoms with Crippen LogP contribution < -0.4 is 0 Å². The third-order valence-electron chi connectivity index (χ3n) is 5.55. The number of likely N-dealkylation sites (tertiary alicyclic amines) is 1. The summed E-state index contributed by atoms with van der Waals surface area (Å²) < 4.78 is 1.89. The van der Waals surface area contributed by atoms with E-state index in [4.69, 9.17) is 0 Å². The van der Waals surface area contributed by atoms with Gasteiger partial charge in [-0.25, -0.2) is 0 Å². The van der Waals surface area contributed by atoms with Gasteiger partial charge in [-0.3, -0.25) is 9.48 Å². The van der Waals surface area contributed by atoms with Gasteiger partial charge >= 0.3 is 0 Å². The Labute approximate surface area is 127 Å². The third kappa shape index (κ3) is 2.72. The van der Waals surface area contributed by atoms with Gasteiger partial charge in [-0.05, 0) is 45.4 Å². The Morgan fingerprint density at radius 2 is 1.90 bits per heavy atom. The zero-order valence-corrected chi connectivity index (χ0v) is 13.6. The Morgan fingerprint density at radius 1 is 1.19 bits per heavy atom. The maximum Gasteiger partial charge on any atom is 0.227 e. The van der Waals surface area contributed by atoms with Crippen LogP contribution in [0.3, 0.4) is 0 Å². The average molecular weight is 289 g/mol. The lowest BCUT2D eigenvalue weighted by molar-refractivity contribution is -0.136. The molecule has 0 spiro atoms. The SMILES string of the molecule is Cc1nn(C)c(C)c1CC(=O)N1CCC[C@H]2CCCC[C@@H]21. The van der Waals surface area contributed by atoms with Crippen LogP contribution >= 0.6 is 0 Å². The van der Waals surface area contributed by atoms with Crippen molar-refractivity contribution in [3.8, 4) is 0 Å². The van der Waals surface area contributed by atoms with Crippen LogP contribution in [0, 0.1) is 19.8 Å². The molecule has 1 saturated carbocycles. The molecule has 1 aliphatic heterocycles. The molecule has 1 aromatic rings. The number of rotatable bonds is 2. The van der Waals surface area contributed by atoms with Gasteiger partial charge < -0.3 is 4.90 Å². The molecule has 2 fully saturated rings. The zero-order valence-electron chi connectivity index (χ0n) is 13.6. The van der Waals surface area contributed by atoms with Crippen molar-refractivity contribution in [1.29, 1.82) is 0 Å². The summed E-state index contributed by atoms with van der Waals surface area (Å²) in [6.45, 7) is 5.02. The van der Waals surface area contributed by atoms with E-state index in [2.05, 4.69) is 16.9 Å². The van der Waals surface area contributed by atoms with Crippen molar-refractivity contribution in [2.45, 2.75) is 64.8 Å². The minimum Gasteiger partial charge on any atom is -0.339 e. The molecule has 1 aromatic heterocycles. The Morgan fingerprint density at radius 3 is 2.62 bits per heavy atom. The molecule has 0 unspecified atom stereocenters. The summed E-state index contributed by atoms with van der Waals surface area (Å²) in [5.74, 6) is 1.07. The van der Waals surface area contributed by atoms with Crippen LogP contribution in [0.4, 0.5) is 0 Å². The summed E-state index contributed by atoms with van der Waals surface area (Å²) in [5, 5.41) is 4.44.